The molecule has 0 saturated carbocycles. The fraction of sp³-hybridized carbons (Fsp3) is 0.0556. The zero-order chi connectivity index (χ0) is 19.7. The number of alkyl halides is 3. The van der Waals surface area contributed by atoms with Crippen LogP contribution in [0.4, 0.5) is 18.3 Å². The summed E-state index contributed by atoms with van der Waals surface area (Å²) in [5.74, 6) is 0.210. The molecule has 0 fully saturated rings. The Morgan fingerprint density at radius 2 is 1.93 bits per heavy atom. The van der Waals surface area contributed by atoms with Crippen molar-refractivity contribution >= 4 is 22.4 Å². The molecule has 142 valence electrons. The number of hydrogen-bond donors (Lipinski definition) is 1. The third kappa shape index (κ3) is 3.67. The third-order valence-electron chi connectivity index (χ3n) is 3.77. The molecule has 1 N–H and O–H groups in total. The Morgan fingerprint density at radius 3 is 2.57 bits per heavy atom. The van der Waals surface area contributed by atoms with Gasteiger partial charge in [-0.3, -0.25) is 10.1 Å². The van der Waals surface area contributed by atoms with Gasteiger partial charge in [0.15, 0.2) is 16.6 Å². The molecular weight excluding hydrogens is 393 g/mol. The quantitative estimate of drug-likeness (QED) is 0.527. The standard InChI is InChI=1S/C18H11F3N4O2S/c19-18(20,21)15-7-8-25(24-15)12-5-3-11(4-6-12)16(26)23-17-22-13(10-28-17)14-2-1-9-27-14/h1-10H,(H,22,23,26). The number of rotatable bonds is 4. The van der Waals surface area contributed by atoms with Crippen LogP contribution in [0.1, 0.15) is 16.1 Å². The minimum Gasteiger partial charge on any atom is -0.463 e. The first-order chi connectivity index (χ1) is 13.4. The van der Waals surface area contributed by atoms with E-state index in [1.54, 1.807) is 17.5 Å². The average molecular weight is 404 g/mol. The minimum atomic E-state index is -4.51. The van der Waals surface area contributed by atoms with Crippen LogP contribution in [0.25, 0.3) is 17.1 Å². The first-order valence-corrected chi connectivity index (χ1v) is 8.82. The van der Waals surface area contributed by atoms with Crippen LogP contribution in [0.2, 0.25) is 0 Å². The molecule has 0 atom stereocenters. The summed E-state index contributed by atoms with van der Waals surface area (Å²) in [5, 5.41) is 8.34. The number of nitrogens with zero attached hydrogens (tertiary/aromatic N) is 3. The van der Waals surface area contributed by atoms with Crippen molar-refractivity contribution in [3.05, 3.63) is 71.6 Å². The van der Waals surface area contributed by atoms with Gasteiger partial charge in [0.1, 0.15) is 5.69 Å². The highest BCUT2D eigenvalue weighted by Gasteiger charge is 2.33. The molecule has 6 nitrogen and oxygen atoms in total. The fourth-order valence-electron chi connectivity index (χ4n) is 2.42. The summed E-state index contributed by atoms with van der Waals surface area (Å²) in [4.78, 5) is 16.6. The largest absolute Gasteiger partial charge is 0.463 e. The molecule has 0 bridgehead atoms. The molecular formula is C18H11F3N4O2S. The maximum Gasteiger partial charge on any atom is 0.435 e. The number of carbonyl (C=O) groups excluding carboxylic acids is 1. The summed E-state index contributed by atoms with van der Waals surface area (Å²) in [6.07, 6.45) is -1.76. The van der Waals surface area contributed by atoms with E-state index in [9.17, 15) is 18.0 Å². The Labute approximate surface area is 160 Å². The number of benzene rings is 1. The molecule has 0 aliphatic rings. The van der Waals surface area contributed by atoms with Crippen molar-refractivity contribution in [2.45, 2.75) is 6.18 Å². The number of aromatic nitrogens is 3. The van der Waals surface area contributed by atoms with Crippen molar-refractivity contribution in [3.63, 3.8) is 0 Å². The Balaban J connectivity index is 1.46. The molecule has 10 heteroatoms. The van der Waals surface area contributed by atoms with Crippen molar-refractivity contribution in [1.82, 2.24) is 14.8 Å². The second-order valence-electron chi connectivity index (χ2n) is 5.66. The molecule has 4 rings (SSSR count). The van der Waals surface area contributed by atoms with Crippen molar-refractivity contribution in [2.24, 2.45) is 0 Å². The van der Waals surface area contributed by atoms with Crippen LogP contribution >= 0.6 is 11.3 Å². The predicted octanol–water partition coefficient (Wildman–Crippen LogP) is 4.86. The zero-order valence-corrected chi connectivity index (χ0v) is 14.8. The maximum atomic E-state index is 12.6. The number of nitrogens with one attached hydrogen (secondary N) is 1. The molecule has 28 heavy (non-hydrogen) atoms. The lowest BCUT2D eigenvalue weighted by atomic mass is 10.2. The van der Waals surface area contributed by atoms with Gasteiger partial charge in [-0.1, -0.05) is 0 Å². The van der Waals surface area contributed by atoms with Crippen LogP contribution in [0.3, 0.4) is 0 Å². The highest BCUT2D eigenvalue weighted by atomic mass is 32.1. The number of amides is 1. The van der Waals surface area contributed by atoms with Crippen molar-refractivity contribution in [2.75, 3.05) is 5.32 Å². The molecule has 0 aliphatic carbocycles. The van der Waals surface area contributed by atoms with Gasteiger partial charge < -0.3 is 4.42 Å². The maximum absolute atomic E-state index is 12.6. The molecule has 0 aliphatic heterocycles. The lowest BCUT2D eigenvalue weighted by Gasteiger charge is -2.05. The minimum absolute atomic E-state index is 0.335. The normalized spacial score (nSPS) is 11.5. The molecule has 0 saturated heterocycles. The van der Waals surface area contributed by atoms with Crippen molar-refractivity contribution in [1.29, 1.82) is 0 Å². The highest BCUT2D eigenvalue weighted by Crippen LogP contribution is 2.28. The molecule has 1 aromatic carbocycles. The van der Waals surface area contributed by atoms with Gasteiger partial charge in [0.05, 0.1) is 12.0 Å². The number of thiazole rings is 1. The number of carbonyl (C=O) groups is 1. The average Bonchev–Trinajstić information content (AvgIpc) is 3.41. The monoisotopic (exact) mass is 404 g/mol. The molecule has 0 spiro atoms. The van der Waals surface area contributed by atoms with E-state index in [2.05, 4.69) is 15.4 Å². The first kappa shape index (κ1) is 18.0. The zero-order valence-electron chi connectivity index (χ0n) is 14.0. The molecule has 3 aromatic heterocycles. The summed E-state index contributed by atoms with van der Waals surface area (Å²) < 4.78 is 44.3. The summed E-state index contributed by atoms with van der Waals surface area (Å²) in [7, 11) is 0. The number of hydrogen-bond acceptors (Lipinski definition) is 5. The van der Waals surface area contributed by atoms with Gasteiger partial charge in [-0.15, -0.1) is 11.3 Å². The molecule has 0 radical (unpaired) electrons. The second-order valence-corrected chi connectivity index (χ2v) is 6.52. The Hall–Kier alpha value is -3.40. The highest BCUT2D eigenvalue weighted by molar-refractivity contribution is 7.14. The van der Waals surface area contributed by atoms with Crippen LogP contribution in [0.15, 0.2) is 64.7 Å². The summed E-state index contributed by atoms with van der Waals surface area (Å²) in [6, 6.07) is 10.4. The van der Waals surface area contributed by atoms with Crippen LogP contribution in [0, 0.1) is 0 Å². The van der Waals surface area contributed by atoms with Gasteiger partial charge in [0, 0.05) is 17.1 Å². The number of anilines is 1. The van der Waals surface area contributed by atoms with Crippen LogP contribution < -0.4 is 5.32 Å². The topological polar surface area (TPSA) is 73.0 Å². The number of halogens is 3. The van der Waals surface area contributed by atoms with Gasteiger partial charge in [-0.05, 0) is 42.5 Å². The third-order valence-corrected chi connectivity index (χ3v) is 4.53. The lowest BCUT2D eigenvalue weighted by molar-refractivity contribution is -0.141. The van der Waals surface area contributed by atoms with E-state index in [4.69, 9.17) is 4.42 Å². The SMILES string of the molecule is O=C(Nc1nc(-c2ccco2)cs1)c1ccc(-n2ccc(C(F)(F)F)n2)cc1. The van der Waals surface area contributed by atoms with Crippen molar-refractivity contribution < 1.29 is 22.4 Å². The van der Waals surface area contributed by atoms with E-state index in [1.807, 2.05) is 0 Å². The van der Waals surface area contributed by atoms with Crippen LogP contribution in [-0.4, -0.2) is 20.7 Å². The predicted molar refractivity (Wildman–Crippen MR) is 96.3 cm³/mol. The Kier molecular flexibility index (Phi) is 4.47. The van der Waals surface area contributed by atoms with Gasteiger partial charge in [-0.25, -0.2) is 9.67 Å². The van der Waals surface area contributed by atoms with E-state index < -0.39 is 11.9 Å². The van der Waals surface area contributed by atoms with Crippen LogP contribution in [-0.2, 0) is 6.18 Å². The molecule has 3 heterocycles. The second kappa shape index (κ2) is 6.97. The van der Waals surface area contributed by atoms with E-state index >= 15 is 0 Å². The van der Waals surface area contributed by atoms with Crippen molar-refractivity contribution in [3.8, 4) is 17.1 Å². The van der Waals surface area contributed by atoms with Gasteiger partial charge >= 0.3 is 6.18 Å². The first-order valence-electron chi connectivity index (χ1n) is 7.94. The summed E-state index contributed by atoms with van der Waals surface area (Å²) >= 11 is 1.25. The molecule has 4 aromatic rings. The van der Waals surface area contributed by atoms with Gasteiger partial charge in [0.2, 0.25) is 0 Å². The van der Waals surface area contributed by atoms with E-state index in [0.717, 1.165) is 10.7 Å². The number of furan rings is 1. The summed E-state index contributed by atoms with van der Waals surface area (Å²) in [6.45, 7) is 0. The fourth-order valence-corrected chi connectivity index (χ4v) is 3.12. The Bertz CT molecular complexity index is 1100. The van der Waals surface area contributed by atoms with Gasteiger partial charge in [-0.2, -0.15) is 18.3 Å². The molecule has 1 amide bonds. The van der Waals surface area contributed by atoms with Gasteiger partial charge in [0.25, 0.3) is 5.91 Å². The smallest absolute Gasteiger partial charge is 0.435 e. The van der Waals surface area contributed by atoms with Crippen LogP contribution in [0.5, 0.6) is 0 Å². The molecule has 0 unspecified atom stereocenters. The van der Waals surface area contributed by atoms with E-state index in [1.165, 1.54) is 48.1 Å². The van der Waals surface area contributed by atoms with E-state index in [-0.39, 0.29) is 5.91 Å². The lowest BCUT2D eigenvalue weighted by Crippen LogP contribution is -2.12. The summed E-state index contributed by atoms with van der Waals surface area (Å²) in [5.41, 5.74) is 0.369. The Morgan fingerprint density at radius 1 is 1.14 bits per heavy atom. The van der Waals surface area contributed by atoms with E-state index in [0.29, 0.717) is 27.8 Å².